The highest BCUT2D eigenvalue weighted by atomic mass is 35.5. The molecule has 0 spiro atoms. The van der Waals surface area contributed by atoms with Crippen LogP contribution in [0.4, 0.5) is 0 Å². The van der Waals surface area contributed by atoms with E-state index in [1.54, 1.807) is 42.4 Å². The van der Waals surface area contributed by atoms with E-state index in [4.69, 9.17) is 17.3 Å². The smallest absolute Gasteiger partial charge is 0.249 e. The summed E-state index contributed by atoms with van der Waals surface area (Å²) in [5.74, 6) is -0.328. The first-order valence-corrected chi connectivity index (χ1v) is 9.42. The van der Waals surface area contributed by atoms with Gasteiger partial charge in [0, 0.05) is 36.1 Å². The first-order chi connectivity index (χ1) is 13.2. The Balaban J connectivity index is 1.96. The quantitative estimate of drug-likeness (QED) is 0.289. The average Bonchev–Trinajstić information content (AvgIpc) is 2.64. The Bertz CT molecular complexity index is 750. The first kappa shape index (κ1) is 22.2. The van der Waals surface area contributed by atoms with Gasteiger partial charge < -0.3 is 31.5 Å². The van der Waals surface area contributed by atoms with Gasteiger partial charge in [-0.25, -0.2) is 0 Å². The van der Waals surface area contributed by atoms with Crippen LogP contribution < -0.4 is 21.7 Å². The second-order valence-electron chi connectivity index (χ2n) is 6.66. The minimum atomic E-state index is -0.989. The molecule has 9 heteroatoms. The normalized spacial score (nSPS) is 20.8. The topological polar surface area (TPSA) is 123 Å². The second kappa shape index (κ2) is 9.90. The van der Waals surface area contributed by atoms with Gasteiger partial charge >= 0.3 is 0 Å². The van der Waals surface area contributed by atoms with Gasteiger partial charge in [0.1, 0.15) is 6.23 Å². The van der Waals surface area contributed by atoms with E-state index >= 15 is 0 Å². The predicted molar refractivity (Wildman–Crippen MR) is 109 cm³/mol. The van der Waals surface area contributed by atoms with E-state index in [0.29, 0.717) is 28.3 Å². The van der Waals surface area contributed by atoms with Crippen LogP contribution in [-0.2, 0) is 4.79 Å². The summed E-state index contributed by atoms with van der Waals surface area (Å²) in [4.78, 5) is 14.2. The van der Waals surface area contributed by atoms with Crippen molar-refractivity contribution in [3.63, 3.8) is 0 Å². The summed E-state index contributed by atoms with van der Waals surface area (Å²) >= 11 is 5.83. The maximum Gasteiger partial charge on any atom is 0.249 e. The molecule has 1 aliphatic rings. The molecule has 1 heterocycles. The molecule has 0 aliphatic carbocycles. The van der Waals surface area contributed by atoms with Crippen molar-refractivity contribution in [1.29, 1.82) is 0 Å². The van der Waals surface area contributed by atoms with Gasteiger partial charge in [0.05, 0.1) is 11.9 Å². The molecule has 3 atom stereocenters. The Kier molecular flexibility index (Phi) is 7.85. The van der Waals surface area contributed by atoms with Crippen LogP contribution in [0, 0.1) is 0 Å². The number of nitrogens with two attached hydrogens (primary N) is 1. The van der Waals surface area contributed by atoms with Gasteiger partial charge in [-0.05, 0) is 31.0 Å². The maximum atomic E-state index is 12.6. The molecule has 1 amide bonds. The Morgan fingerprint density at radius 1 is 1.39 bits per heavy atom. The Hall–Kier alpha value is -2.10. The second-order valence-corrected chi connectivity index (χ2v) is 7.10. The minimum absolute atomic E-state index is 0.0982. The summed E-state index contributed by atoms with van der Waals surface area (Å²) in [5.41, 5.74) is 8.30. The number of rotatable bonds is 7. The highest BCUT2D eigenvalue weighted by Crippen LogP contribution is 2.19. The molecule has 8 nitrogen and oxygen atoms in total. The summed E-state index contributed by atoms with van der Waals surface area (Å²) in [5, 5.41) is 29.7. The van der Waals surface area contributed by atoms with Crippen molar-refractivity contribution in [3.05, 3.63) is 58.0 Å². The molecule has 1 aliphatic heterocycles. The molecule has 0 fully saturated rings. The van der Waals surface area contributed by atoms with Crippen molar-refractivity contribution in [2.45, 2.75) is 38.9 Å². The number of aliphatic hydroxyl groups excluding tert-OH is 2. The number of carbonyl (C=O) groups is 1. The lowest BCUT2D eigenvalue weighted by molar-refractivity contribution is -0.118. The molecule has 3 unspecified atom stereocenters. The van der Waals surface area contributed by atoms with E-state index < -0.39 is 18.6 Å². The fourth-order valence-electron chi connectivity index (χ4n) is 2.91. The SMILES string of the molecule is CC/C(C(=O)NCC(N)NC(O)c1ccc(Cl)cc1)=C1\NC(C)=CN(C)C1O. The summed E-state index contributed by atoms with van der Waals surface area (Å²) in [6, 6.07) is 6.72. The zero-order valence-corrected chi connectivity index (χ0v) is 17.0. The van der Waals surface area contributed by atoms with E-state index in [-0.39, 0.29) is 12.5 Å². The lowest BCUT2D eigenvalue weighted by Gasteiger charge is -2.32. The van der Waals surface area contributed by atoms with Crippen LogP contribution in [0.1, 0.15) is 32.1 Å². The average molecular weight is 410 g/mol. The summed E-state index contributed by atoms with van der Waals surface area (Å²) in [6.45, 7) is 3.79. The molecular formula is C19H28ClN5O3. The maximum absolute atomic E-state index is 12.6. The van der Waals surface area contributed by atoms with Crippen molar-refractivity contribution in [2.75, 3.05) is 13.6 Å². The van der Waals surface area contributed by atoms with Gasteiger partial charge in [0.15, 0.2) is 6.23 Å². The third kappa shape index (κ3) is 5.70. The summed E-state index contributed by atoms with van der Waals surface area (Å²) < 4.78 is 0. The van der Waals surface area contributed by atoms with Gasteiger partial charge in [0.25, 0.3) is 0 Å². The summed E-state index contributed by atoms with van der Waals surface area (Å²) in [7, 11) is 1.73. The Morgan fingerprint density at radius 2 is 2.04 bits per heavy atom. The first-order valence-electron chi connectivity index (χ1n) is 9.04. The zero-order chi connectivity index (χ0) is 20.8. The largest absolute Gasteiger partial charge is 0.374 e. The van der Waals surface area contributed by atoms with E-state index in [0.717, 1.165) is 5.70 Å². The zero-order valence-electron chi connectivity index (χ0n) is 16.2. The fourth-order valence-corrected chi connectivity index (χ4v) is 3.03. The van der Waals surface area contributed by atoms with Crippen molar-refractivity contribution >= 4 is 17.5 Å². The van der Waals surface area contributed by atoms with E-state index in [1.807, 2.05) is 13.8 Å². The van der Waals surface area contributed by atoms with Gasteiger partial charge in [-0.15, -0.1) is 0 Å². The van der Waals surface area contributed by atoms with Crippen molar-refractivity contribution in [2.24, 2.45) is 5.73 Å². The number of likely N-dealkylation sites (N-methyl/N-ethyl adjacent to an activating group) is 1. The molecule has 0 bridgehead atoms. The molecule has 0 aromatic heterocycles. The lowest BCUT2D eigenvalue weighted by Crippen LogP contribution is -2.49. The highest BCUT2D eigenvalue weighted by Gasteiger charge is 2.25. The molecular weight excluding hydrogens is 382 g/mol. The Labute approximate surface area is 170 Å². The molecule has 1 aromatic carbocycles. The number of benzene rings is 1. The molecule has 2 rings (SSSR count). The number of allylic oxidation sites excluding steroid dienone is 1. The number of carbonyl (C=O) groups excluding carboxylic acids is 1. The van der Waals surface area contributed by atoms with Crippen LogP contribution >= 0.6 is 11.6 Å². The van der Waals surface area contributed by atoms with Crippen molar-refractivity contribution in [1.82, 2.24) is 20.9 Å². The van der Waals surface area contributed by atoms with Crippen molar-refractivity contribution in [3.8, 4) is 0 Å². The number of nitrogens with zero attached hydrogens (tertiary/aromatic N) is 1. The van der Waals surface area contributed by atoms with Crippen LogP contribution in [0.3, 0.4) is 0 Å². The van der Waals surface area contributed by atoms with Gasteiger partial charge in [-0.3, -0.25) is 10.1 Å². The van der Waals surface area contributed by atoms with E-state index in [2.05, 4.69) is 16.0 Å². The molecule has 0 saturated heterocycles. The van der Waals surface area contributed by atoms with E-state index in [9.17, 15) is 15.0 Å². The molecule has 7 N–H and O–H groups in total. The van der Waals surface area contributed by atoms with Crippen LogP contribution in [0.15, 0.2) is 47.4 Å². The number of hydrogen-bond donors (Lipinski definition) is 6. The number of hydrogen-bond acceptors (Lipinski definition) is 7. The van der Waals surface area contributed by atoms with Crippen LogP contribution in [0.25, 0.3) is 0 Å². The molecule has 0 radical (unpaired) electrons. The van der Waals surface area contributed by atoms with E-state index in [1.165, 1.54) is 0 Å². The number of halogens is 1. The molecule has 154 valence electrons. The van der Waals surface area contributed by atoms with Gasteiger partial charge in [0.2, 0.25) is 5.91 Å². The number of aliphatic hydroxyl groups is 2. The van der Waals surface area contributed by atoms with Crippen LogP contribution in [0.5, 0.6) is 0 Å². The highest BCUT2D eigenvalue weighted by molar-refractivity contribution is 6.30. The minimum Gasteiger partial charge on any atom is -0.374 e. The number of nitrogens with one attached hydrogen (secondary N) is 3. The number of amides is 1. The van der Waals surface area contributed by atoms with Gasteiger partial charge in [-0.2, -0.15) is 0 Å². The van der Waals surface area contributed by atoms with Crippen LogP contribution in [-0.4, -0.2) is 47.0 Å². The molecule has 0 saturated carbocycles. The molecule has 28 heavy (non-hydrogen) atoms. The lowest BCUT2D eigenvalue weighted by atomic mass is 10.1. The monoisotopic (exact) mass is 409 g/mol. The molecule has 1 aromatic rings. The van der Waals surface area contributed by atoms with Gasteiger partial charge in [-0.1, -0.05) is 30.7 Å². The fraction of sp³-hybridized carbons (Fsp3) is 0.421. The summed E-state index contributed by atoms with van der Waals surface area (Å²) in [6.07, 6.45) is -0.398. The van der Waals surface area contributed by atoms with Crippen molar-refractivity contribution < 1.29 is 15.0 Å². The third-order valence-corrected chi connectivity index (χ3v) is 4.62. The predicted octanol–water partition coefficient (Wildman–Crippen LogP) is 0.700. The third-order valence-electron chi connectivity index (χ3n) is 4.37. The standard InChI is InChI=1S/C19H28ClN5O3/c1-4-14(16-19(28)25(3)10-11(2)23-16)18(27)22-9-15(21)24-17(26)12-5-7-13(20)8-6-12/h5-8,10,15,17,19,23-24,26,28H,4,9,21H2,1-3H3,(H,22,27)/b16-14+. The Morgan fingerprint density at radius 3 is 2.64 bits per heavy atom. The van der Waals surface area contributed by atoms with Crippen LogP contribution in [0.2, 0.25) is 5.02 Å².